The Hall–Kier alpha value is -5.23. The van der Waals surface area contributed by atoms with E-state index in [-0.39, 0.29) is 40.5 Å². The third-order valence-electron chi connectivity index (χ3n) is 5.44. The number of nitro groups is 1. The maximum Gasteiger partial charge on any atom is 0.276 e. The van der Waals surface area contributed by atoms with Gasteiger partial charge in [0.15, 0.2) is 5.69 Å². The SMILES string of the molecule is CC(=O)Nc1ccc(C(O)/C(=N/NC(=O)Cc2ccccc2)c2nc3ccc([N+](=O)[O-])cc3[nH]c2=O)cc1. The van der Waals surface area contributed by atoms with Gasteiger partial charge in [-0.3, -0.25) is 24.5 Å². The van der Waals surface area contributed by atoms with Crippen LogP contribution in [0.15, 0.2) is 82.7 Å². The van der Waals surface area contributed by atoms with Crippen LogP contribution in [-0.4, -0.2) is 37.5 Å². The van der Waals surface area contributed by atoms with Crippen molar-refractivity contribution in [2.24, 2.45) is 5.10 Å². The number of aromatic nitrogens is 2. The van der Waals surface area contributed by atoms with E-state index in [1.165, 1.54) is 37.3 Å². The third kappa shape index (κ3) is 6.12. The van der Waals surface area contributed by atoms with Crippen LogP contribution in [0.25, 0.3) is 11.0 Å². The van der Waals surface area contributed by atoms with Crippen LogP contribution in [0.1, 0.15) is 29.8 Å². The Bertz CT molecular complexity index is 1600. The minimum Gasteiger partial charge on any atom is -0.382 e. The molecule has 192 valence electrons. The van der Waals surface area contributed by atoms with E-state index in [0.717, 1.165) is 5.56 Å². The number of non-ortho nitro benzene ring substituents is 1. The first-order chi connectivity index (χ1) is 18.2. The van der Waals surface area contributed by atoms with E-state index in [2.05, 4.69) is 25.8 Å². The highest BCUT2D eigenvalue weighted by Gasteiger charge is 2.23. The predicted octanol–water partition coefficient (Wildman–Crippen LogP) is 2.59. The van der Waals surface area contributed by atoms with E-state index in [0.29, 0.717) is 11.3 Å². The summed E-state index contributed by atoms with van der Waals surface area (Å²) >= 11 is 0. The number of aromatic amines is 1. The van der Waals surface area contributed by atoms with Crippen molar-refractivity contribution >= 4 is 39.9 Å². The van der Waals surface area contributed by atoms with Crippen LogP contribution >= 0.6 is 0 Å². The van der Waals surface area contributed by atoms with Gasteiger partial charge in [0.1, 0.15) is 11.8 Å². The Morgan fingerprint density at radius 3 is 2.47 bits per heavy atom. The number of hydrogen-bond acceptors (Lipinski definition) is 8. The minimum absolute atomic E-state index is 0.00427. The lowest BCUT2D eigenvalue weighted by Gasteiger charge is -2.15. The number of nitro benzene ring substituents is 1. The van der Waals surface area contributed by atoms with Crippen LogP contribution in [-0.2, 0) is 16.0 Å². The molecule has 0 aliphatic carbocycles. The number of nitrogens with zero attached hydrogens (tertiary/aromatic N) is 3. The van der Waals surface area contributed by atoms with Gasteiger partial charge in [-0.15, -0.1) is 0 Å². The molecule has 38 heavy (non-hydrogen) atoms. The molecule has 0 fully saturated rings. The van der Waals surface area contributed by atoms with Crippen molar-refractivity contribution < 1.29 is 19.6 Å². The zero-order valence-electron chi connectivity index (χ0n) is 20.0. The number of aliphatic hydroxyl groups is 1. The number of fused-ring (bicyclic) bond motifs is 1. The van der Waals surface area contributed by atoms with Gasteiger partial charge in [0, 0.05) is 24.7 Å². The number of amides is 2. The van der Waals surface area contributed by atoms with Crippen molar-refractivity contribution in [3.05, 3.63) is 110 Å². The van der Waals surface area contributed by atoms with Crippen molar-refractivity contribution in [3.8, 4) is 0 Å². The molecule has 0 bridgehead atoms. The average Bonchev–Trinajstić information content (AvgIpc) is 2.89. The first-order valence-corrected chi connectivity index (χ1v) is 11.4. The molecular formula is C26H22N6O6. The number of H-pyrrole nitrogens is 1. The molecule has 1 heterocycles. The Balaban J connectivity index is 1.72. The molecule has 4 rings (SSSR count). The molecule has 0 aliphatic rings. The molecule has 1 atom stereocenters. The normalized spacial score (nSPS) is 12.1. The quantitative estimate of drug-likeness (QED) is 0.158. The molecule has 1 aromatic heterocycles. The summed E-state index contributed by atoms with van der Waals surface area (Å²) in [5, 5.41) is 28.9. The minimum atomic E-state index is -1.50. The second-order valence-electron chi connectivity index (χ2n) is 8.27. The molecule has 2 amide bonds. The smallest absolute Gasteiger partial charge is 0.276 e. The van der Waals surface area contributed by atoms with Gasteiger partial charge in [0.2, 0.25) is 11.8 Å². The van der Waals surface area contributed by atoms with Crippen molar-refractivity contribution in [2.75, 3.05) is 5.32 Å². The third-order valence-corrected chi connectivity index (χ3v) is 5.44. The summed E-state index contributed by atoms with van der Waals surface area (Å²) in [5.74, 6) is -0.761. The van der Waals surface area contributed by atoms with E-state index < -0.39 is 22.5 Å². The van der Waals surface area contributed by atoms with Gasteiger partial charge >= 0.3 is 0 Å². The molecule has 0 saturated heterocycles. The summed E-state index contributed by atoms with van der Waals surface area (Å²) in [4.78, 5) is 54.1. The van der Waals surface area contributed by atoms with Crippen LogP contribution in [0, 0.1) is 10.1 Å². The molecule has 3 aromatic carbocycles. The number of anilines is 1. The summed E-state index contributed by atoms with van der Waals surface area (Å²) in [6, 6.07) is 18.8. The summed E-state index contributed by atoms with van der Waals surface area (Å²) < 4.78 is 0. The zero-order chi connectivity index (χ0) is 27.2. The lowest BCUT2D eigenvalue weighted by atomic mass is 10.0. The Kier molecular flexibility index (Phi) is 7.63. The number of hydrogen-bond donors (Lipinski definition) is 4. The van der Waals surface area contributed by atoms with Crippen LogP contribution in [0.2, 0.25) is 0 Å². The highest BCUT2D eigenvalue weighted by molar-refractivity contribution is 6.04. The number of benzene rings is 3. The molecule has 4 aromatic rings. The van der Waals surface area contributed by atoms with Gasteiger partial charge in [-0.1, -0.05) is 42.5 Å². The van der Waals surface area contributed by atoms with E-state index in [1.54, 1.807) is 36.4 Å². The average molecular weight is 514 g/mol. The Morgan fingerprint density at radius 1 is 1.11 bits per heavy atom. The lowest BCUT2D eigenvalue weighted by molar-refractivity contribution is -0.384. The van der Waals surface area contributed by atoms with Crippen molar-refractivity contribution in [1.82, 2.24) is 15.4 Å². The van der Waals surface area contributed by atoms with Crippen LogP contribution in [0.4, 0.5) is 11.4 Å². The predicted molar refractivity (Wildman–Crippen MR) is 140 cm³/mol. The van der Waals surface area contributed by atoms with Crippen LogP contribution < -0.4 is 16.3 Å². The van der Waals surface area contributed by atoms with E-state index in [4.69, 9.17) is 0 Å². The maximum absolute atomic E-state index is 13.0. The van der Waals surface area contributed by atoms with Gasteiger partial charge in [0.25, 0.3) is 11.2 Å². The molecule has 4 N–H and O–H groups in total. The van der Waals surface area contributed by atoms with Crippen molar-refractivity contribution in [1.29, 1.82) is 0 Å². The van der Waals surface area contributed by atoms with Gasteiger partial charge in [0.05, 0.1) is 22.4 Å². The molecule has 0 saturated carbocycles. The first kappa shape index (κ1) is 25.9. The number of nitrogens with one attached hydrogen (secondary N) is 3. The van der Waals surface area contributed by atoms with E-state index in [1.807, 2.05) is 6.07 Å². The standard InChI is InChI=1S/C26H22N6O6/c1-15(33)27-18-9-7-17(8-10-18)25(35)23(31-30-22(34)13-16-5-3-2-4-6-16)24-26(36)29-21-14-19(32(37)38)11-12-20(21)28-24/h2-12,14,25,35H,13H2,1H3,(H,27,33)(H,29,36)(H,30,34)/b31-23+. The van der Waals surface area contributed by atoms with E-state index >= 15 is 0 Å². The van der Waals surface area contributed by atoms with Gasteiger partial charge in [-0.25, -0.2) is 10.4 Å². The Labute approximate surface area is 215 Å². The monoisotopic (exact) mass is 514 g/mol. The molecule has 0 spiro atoms. The highest BCUT2D eigenvalue weighted by atomic mass is 16.6. The number of hydrazone groups is 1. The molecule has 0 radical (unpaired) electrons. The Morgan fingerprint density at radius 2 is 1.82 bits per heavy atom. The molecule has 0 aliphatic heterocycles. The van der Waals surface area contributed by atoms with Gasteiger partial charge < -0.3 is 15.4 Å². The maximum atomic E-state index is 13.0. The summed E-state index contributed by atoms with van der Waals surface area (Å²) in [5.41, 5.74) is 2.69. The highest BCUT2D eigenvalue weighted by Crippen LogP contribution is 2.22. The largest absolute Gasteiger partial charge is 0.382 e. The summed E-state index contributed by atoms with van der Waals surface area (Å²) in [7, 11) is 0. The fourth-order valence-electron chi connectivity index (χ4n) is 3.66. The second-order valence-corrected chi connectivity index (χ2v) is 8.27. The number of carbonyl (C=O) groups excluding carboxylic acids is 2. The first-order valence-electron chi connectivity index (χ1n) is 11.4. The lowest BCUT2D eigenvalue weighted by Crippen LogP contribution is -2.29. The van der Waals surface area contributed by atoms with Gasteiger partial charge in [-0.2, -0.15) is 5.10 Å². The molecule has 1 unspecified atom stereocenters. The van der Waals surface area contributed by atoms with Crippen LogP contribution in [0.3, 0.4) is 0 Å². The summed E-state index contributed by atoms with van der Waals surface area (Å²) in [6.45, 7) is 1.36. The van der Waals surface area contributed by atoms with E-state index in [9.17, 15) is 29.6 Å². The molecule has 12 nitrogen and oxygen atoms in total. The second kappa shape index (κ2) is 11.2. The molecule has 12 heteroatoms. The van der Waals surface area contributed by atoms with Crippen molar-refractivity contribution in [2.45, 2.75) is 19.4 Å². The number of rotatable bonds is 8. The van der Waals surface area contributed by atoms with Crippen LogP contribution in [0.5, 0.6) is 0 Å². The molecular weight excluding hydrogens is 492 g/mol. The summed E-state index contributed by atoms with van der Waals surface area (Å²) in [6.07, 6.45) is -1.49. The fraction of sp³-hybridized carbons (Fsp3) is 0.115. The van der Waals surface area contributed by atoms with Crippen molar-refractivity contribution in [3.63, 3.8) is 0 Å². The fourth-order valence-corrected chi connectivity index (χ4v) is 3.66. The number of carbonyl (C=O) groups is 2. The topological polar surface area (TPSA) is 180 Å². The zero-order valence-corrected chi connectivity index (χ0v) is 20.0. The van der Waals surface area contributed by atoms with Gasteiger partial charge in [-0.05, 0) is 29.3 Å². The number of aliphatic hydroxyl groups excluding tert-OH is 1.